The number of anilines is 1. The summed E-state index contributed by atoms with van der Waals surface area (Å²) in [5.41, 5.74) is 8.75. The number of nitrogens with zero attached hydrogens (tertiary/aromatic N) is 3. The van der Waals surface area contributed by atoms with Crippen molar-refractivity contribution in [2.24, 2.45) is 5.10 Å². The predicted octanol–water partition coefficient (Wildman–Crippen LogP) is 4.39. The molecule has 33 heavy (non-hydrogen) atoms. The standard InChI is InChI=1S/C24H27BrN4O3S/c1-16-6-9-23(12-17(16)2)28(33(5,31)32)15-24(30)27-26-14-20-13-18(3)29(19(20)4)22-10-7-21(25)8-11-22/h6-14H,15H2,1-5H3,(H,27,30)/b26-14-. The van der Waals surface area contributed by atoms with Gasteiger partial charge >= 0.3 is 0 Å². The SMILES string of the molecule is Cc1ccc(N(CC(=O)N/N=C\c2cc(C)n(-c3ccc(Br)cc3)c2C)S(C)(=O)=O)cc1C. The monoisotopic (exact) mass is 530 g/mol. The number of hydrogen-bond acceptors (Lipinski definition) is 4. The number of carbonyl (C=O) groups excluding carboxylic acids is 1. The Morgan fingerprint density at radius 2 is 1.73 bits per heavy atom. The van der Waals surface area contributed by atoms with E-state index < -0.39 is 15.9 Å². The molecule has 2 aromatic carbocycles. The average Bonchev–Trinajstić information content (AvgIpc) is 3.01. The van der Waals surface area contributed by atoms with Gasteiger partial charge in [0.2, 0.25) is 10.0 Å². The molecule has 1 heterocycles. The first-order valence-corrected chi connectivity index (χ1v) is 12.9. The zero-order valence-corrected chi connectivity index (χ0v) is 21.7. The molecule has 9 heteroatoms. The number of carbonyl (C=O) groups is 1. The molecule has 3 aromatic rings. The zero-order chi connectivity index (χ0) is 24.3. The summed E-state index contributed by atoms with van der Waals surface area (Å²) in [7, 11) is -3.65. The Bertz CT molecular complexity index is 1310. The topological polar surface area (TPSA) is 83.8 Å². The van der Waals surface area contributed by atoms with Crippen molar-refractivity contribution >= 4 is 43.8 Å². The van der Waals surface area contributed by atoms with Crippen LogP contribution in [0.2, 0.25) is 0 Å². The molecule has 0 aliphatic rings. The van der Waals surface area contributed by atoms with Gasteiger partial charge in [-0.3, -0.25) is 9.10 Å². The largest absolute Gasteiger partial charge is 0.318 e. The fourth-order valence-electron chi connectivity index (χ4n) is 3.53. The highest BCUT2D eigenvalue weighted by Crippen LogP contribution is 2.22. The molecule has 0 aliphatic carbocycles. The maximum Gasteiger partial charge on any atom is 0.260 e. The van der Waals surface area contributed by atoms with Crippen molar-refractivity contribution in [3.63, 3.8) is 0 Å². The van der Waals surface area contributed by atoms with Gasteiger partial charge in [0.05, 0.1) is 18.2 Å². The van der Waals surface area contributed by atoms with E-state index in [-0.39, 0.29) is 6.54 Å². The molecular formula is C24H27BrN4O3S. The van der Waals surface area contributed by atoms with Gasteiger partial charge in [0.25, 0.3) is 5.91 Å². The Balaban J connectivity index is 1.74. The summed E-state index contributed by atoms with van der Waals surface area (Å²) in [4.78, 5) is 12.5. The lowest BCUT2D eigenvalue weighted by Gasteiger charge is -2.22. The first-order valence-electron chi connectivity index (χ1n) is 10.3. The van der Waals surface area contributed by atoms with Crippen molar-refractivity contribution in [2.75, 3.05) is 17.1 Å². The first kappa shape index (κ1) is 24.7. The van der Waals surface area contributed by atoms with E-state index >= 15 is 0 Å². The van der Waals surface area contributed by atoms with Crippen molar-refractivity contribution < 1.29 is 13.2 Å². The average molecular weight is 531 g/mol. The minimum atomic E-state index is -3.65. The number of benzene rings is 2. The van der Waals surface area contributed by atoms with Gasteiger partial charge in [0.15, 0.2) is 0 Å². The highest BCUT2D eigenvalue weighted by Gasteiger charge is 2.21. The third kappa shape index (κ3) is 5.91. The first-order chi connectivity index (χ1) is 15.5. The highest BCUT2D eigenvalue weighted by atomic mass is 79.9. The quantitative estimate of drug-likeness (QED) is 0.363. The van der Waals surface area contributed by atoms with Crippen molar-refractivity contribution in [1.29, 1.82) is 0 Å². The number of rotatable bonds is 7. The van der Waals surface area contributed by atoms with Gasteiger partial charge in [-0.05, 0) is 81.3 Å². The van der Waals surface area contributed by atoms with E-state index in [9.17, 15) is 13.2 Å². The Kier molecular flexibility index (Phi) is 7.44. The summed E-state index contributed by atoms with van der Waals surface area (Å²) in [5, 5.41) is 4.06. The van der Waals surface area contributed by atoms with Crippen molar-refractivity contribution in [2.45, 2.75) is 27.7 Å². The normalized spacial score (nSPS) is 11.7. The predicted molar refractivity (Wildman–Crippen MR) is 137 cm³/mol. The van der Waals surface area contributed by atoms with Crippen LogP contribution in [0, 0.1) is 27.7 Å². The third-order valence-electron chi connectivity index (χ3n) is 5.41. The number of halogens is 1. The lowest BCUT2D eigenvalue weighted by molar-refractivity contribution is -0.119. The van der Waals surface area contributed by atoms with Crippen LogP contribution in [0.4, 0.5) is 5.69 Å². The minimum absolute atomic E-state index is 0.364. The van der Waals surface area contributed by atoms with Crippen LogP contribution < -0.4 is 9.73 Å². The third-order valence-corrected chi connectivity index (χ3v) is 7.08. The molecule has 0 bridgehead atoms. The van der Waals surface area contributed by atoms with Crippen molar-refractivity contribution in [1.82, 2.24) is 9.99 Å². The molecule has 0 spiro atoms. The smallest absolute Gasteiger partial charge is 0.260 e. The summed E-state index contributed by atoms with van der Waals surface area (Å²) >= 11 is 3.45. The Labute approximate surface area is 203 Å². The van der Waals surface area contributed by atoms with Crippen LogP contribution in [0.3, 0.4) is 0 Å². The molecule has 1 N–H and O–H groups in total. The fourth-order valence-corrected chi connectivity index (χ4v) is 4.64. The molecule has 174 valence electrons. The second-order valence-electron chi connectivity index (χ2n) is 7.97. The van der Waals surface area contributed by atoms with E-state index in [0.29, 0.717) is 5.69 Å². The molecule has 1 amide bonds. The van der Waals surface area contributed by atoms with E-state index in [1.54, 1.807) is 18.3 Å². The number of hydrogen-bond donors (Lipinski definition) is 1. The van der Waals surface area contributed by atoms with Gasteiger partial charge in [0, 0.05) is 27.1 Å². The molecule has 3 rings (SSSR count). The molecule has 7 nitrogen and oxygen atoms in total. The number of nitrogens with one attached hydrogen (secondary N) is 1. The van der Waals surface area contributed by atoms with Crippen LogP contribution in [-0.2, 0) is 14.8 Å². The number of aryl methyl sites for hydroxylation is 3. The highest BCUT2D eigenvalue weighted by molar-refractivity contribution is 9.10. The van der Waals surface area contributed by atoms with Crippen LogP contribution in [0.1, 0.15) is 28.1 Å². The molecule has 0 unspecified atom stereocenters. The minimum Gasteiger partial charge on any atom is -0.318 e. The summed E-state index contributed by atoms with van der Waals surface area (Å²) in [6.07, 6.45) is 2.64. The van der Waals surface area contributed by atoms with Crippen molar-refractivity contribution in [3.8, 4) is 5.69 Å². The molecular weight excluding hydrogens is 504 g/mol. The van der Waals surface area contributed by atoms with Gasteiger partial charge in [-0.2, -0.15) is 5.10 Å². The van der Waals surface area contributed by atoms with Gasteiger partial charge in [-0.25, -0.2) is 13.8 Å². The van der Waals surface area contributed by atoms with Crippen LogP contribution in [-0.4, -0.2) is 37.9 Å². The molecule has 0 aliphatic heterocycles. The number of sulfonamides is 1. The molecule has 0 radical (unpaired) electrons. The van der Waals surface area contributed by atoms with Crippen LogP contribution in [0.15, 0.2) is 58.1 Å². The zero-order valence-electron chi connectivity index (χ0n) is 19.3. The molecule has 0 fully saturated rings. The number of hydrazone groups is 1. The van der Waals surface area contributed by atoms with Gasteiger partial charge in [-0.15, -0.1) is 0 Å². The van der Waals surface area contributed by atoms with Crippen LogP contribution >= 0.6 is 15.9 Å². The van der Waals surface area contributed by atoms with Gasteiger partial charge in [-0.1, -0.05) is 22.0 Å². The van der Waals surface area contributed by atoms with E-state index in [2.05, 4.69) is 31.0 Å². The van der Waals surface area contributed by atoms with E-state index in [4.69, 9.17) is 0 Å². The second kappa shape index (κ2) is 9.93. The maximum atomic E-state index is 12.5. The second-order valence-corrected chi connectivity index (χ2v) is 10.8. The molecule has 0 atom stereocenters. The summed E-state index contributed by atoms with van der Waals surface area (Å²) in [6, 6.07) is 15.2. The number of amides is 1. The Morgan fingerprint density at radius 3 is 2.33 bits per heavy atom. The van der Waals surface area contributed by atoms with Gasteiger partial charge < -0.3 is 4.57 Å². The number of aromatic nitrogens is 1. The van der Waals surface area contributed by atoms with E-state index in [1.807, 2.05) is 64.1 Å². The Hall–Kier alpha value is -2.91. The lowest BCUT2D eigenvalue weighted by Crippen LogP contribution is -2.39. The lowest BCUT2D eigenvalue weighted by atomic mass is 10.1. The molecule has 0 saturated carbocycles. The van der Waals surface area contributed by atoms with E-state index in [0.717, 1.165) is 48.8 Å². The summed E-state index contributed by atoms with van der Waals surface area (Å²) < 4.78 is 28.8. The Morgan fingerprint density at radius 1 is 1.06 bits per heavy atom. The van der Waals surface area contributed by atoms with Crippen molar-refractivity contribution in [3.05, 3.63) is 81.1 Å². The fraction of sp³-hybridized carbons (Fsp3) is 0.250. The van der Waals surface area contributed by atoms with E-state index in [1.165, 1.54) is 0 Å². The maximum absolute atomic E-state index is 12.5. The molecule has 1 aromatic heterocycles. The van der Waals surface area contributed by atoms with Crippen LogP contribution in [0.25, 0.3) is 5.69 Å². The molecule has 0 saturated heterocycles. The van der Waals surface area contributed by atoms with Gasteiger partial charge in [0.1, 0.15) is 6.54 Å². The summed E-state index contributed by atoms with van der Waals surface area (Å²) in [6.45, 7) is 7.45. The van der Waals surface area contributed by atoms with Crippen LogP contribution in [0.5, 0.6) is 0 Å². The summed E-state index contributed by atoms with van der Waals surface area (Å²) in [5.74, 6) is -0.531.